The van der Waals surface area contributed by atoms with Gasteiger partial charge in [-0.25, -0.2) is 9.36 Å². The van der Waals surface area contributed by atoms with Crippen molar-refractivity contribution in [1.29, 1.82) is 0 Å². The Labute approximate surface area is 101 Å². The van der Waals surface area contributed by atoms with E-state index in [1.54, 1.807) is 20.8 Å². The van der Waals surface area contributed by atoms with Gasteiger partial charge in [0.2, 0.25) is 0 Å². The van der Waals surface area contributed by atoms with Crippen LogP contribution >= 0.6 is 7.82 Å². The zero-order valence-electron chi connectivity index (χ0n) is 10.5. The van der Waals surface area contributed by atoms with Gasteiger partial charge in [-0.05, 0) is 33.8 Å². The van der Waals surface area contributed by atoms with Crippen molar-refractivity contribution >= 4 is 13.8 Å². The van der Waals surface area contributed by atoms with Crippen molar-refractivity contribution in [2.45, 2.75) is 33.3 Å². The quantitative estimate of drug-likeness (QED) is 0.537. The second-order valence-corrected chi connectivity index (χ2v) is 4.88. The van der Waals surface area contributed by atoms with Crippen molar-refractivity contribution in [2.24, 2.45) is 0 Å². The fraction of sp³-hybridized carbons (Fsp3) is 0.700. The first kappa shape index (κ1) is 16.3. The molecule has 0 bridgehead atoms. The van der Waals surface area contributed by atoms with Gasteiger partial charge in [0.25, 0.3) is 0 Å². The fourth-order valence-electron chi connectivity index (χ4n) is 1.10. The van der Waals surface area contributed by atoms with Crippen molar-refractivity contribution in [3.05, 3.63) is 12.2 Å². The zero-order chi connectivity index (χ0) is 13.5. The molecule has 6 nitrogen and oxygen atoms in total. The number of carbonyl (C=O) groups is 1. The Morgan fingerprint density at radius 2 is 1.82 bits per heavy atom. The lowest BCUT2D eigenvalue weighted by Gasteiger charge is -2.26. The molecule has 0 aliphatic heterocycles. The summed E-state index contributed by atoms with van der Waals surface area (Å²) in [6.07, 6.45) is 2.77. The Kier molecular flexibility index (Phi) is 6.64. The minimum absolute atomic E-state index is 0.100. The molecule has 0 rings (SSSR count). The van der Waals surface area contributed by atoms with Gasteiger partial charge in [0.15, 0.2) is 5.60 Å². The summed E-state index contributed by atoms with van der Waals surface area (Å²) < 4.78 is 26.8. The van der Waals surface area contributed by atoms with E-state index in [-0.39, 0.29) is 13.2 Å². The van der Waals surface area contributed by atoms with Crippen LogP contribution in [0.15, 0.2) is 12.2 Å². The molecule has 0 amide bonds. The first-order chi connectivity index (χ1) is 7.83. The van der Waals surface area contributed by atoms with Crippen LogP contribution in [0.5, 0.6) is 0 Å². The van der Waals surface area contributed by atoms with Crippen molar-refractivity contribution in [3.63, 3.8) is 0 Å². The molecule has 1 unspecified atom stereocenters. The van der Waals surface area contributed by atoms with Gasteiger partial charge in [-0.15, -0.1) is 0 Å². The van der Waals surface area contributed by atoms with Gasteiger partial charge >= 0.3 is 13.8 Å². The molecule has 0 aliphatic carbocycles. The topological polar surface area (TPSA) is 82.1 Å². The van der Waals surface area contributed by atoms with E-state index in [1.165, 1.54) is 19.1 Å². The molecule has 0 aromatic carbocycles. The molecule has 0 saturated heterocycles. The predicted octanol–water partition coefficient (Wildman–Crippen LogP) is 2.60. The Hall–Kier alpha value is -0.680. The first-order valence-corrected chi connectivity index (χ1v) is 6.76. The largest absolute Gasteiger partial charge is 0.479 e. The van der Waals surface area contributed by atoms with Crippen LogP contribution in [0.4, 0.5) is 0 Å². The molecule has 7 heteroatoms. The van der Waals surface area contributed by atoms with Crippen LogP contribution in [0.25, 0.3) is 0 Å². The van der Waals surface area contributed by atoms with Gasteiger partial charge in [0.1, 0.15) is 0 Å². The van der Waals surface area contributed by atoms with Gasteiger partial charge in [-0.1, -0.05) is 6.08 Å². The fourth-order valence-corrected chi connectivity index (χ4v) is 2.51. The lowest BCUT2D eigenvalue weighted by Crippen LogP contribution is -2.35. The molecule has 0 saturated carbocycles. The summed E-state index contributed by atoms with van der Waals surface area (Å²) in [5.41, 5.74) is -1.74. The maximum atomic E-state index is 12.0. The third kappa shape index (κ3) is 5.00. The smallest absolute Gasteiger partial charge is 0.476 e. The summed E-state index contributed by atoms with van der Waals surface area (Å²) >= 11 is 0. The van der Waals surface area contributed by atoms with E-state index in [1.807, 2.05) is 0 Å². The number of phosphoric acid groups is 1. The highest BCUT2D eigenvalue weighted by molar-refractivity contribution is 7.48. The highest BCUT2D eigenvalue weighted by Gasteiger charge is 2.41. The molecule has 17 heavy (non-hydrogen) atoms. The van der Waals surface area contributed by atoms with Gasteiger partial charge in [-0.2, -0.15) is 0 Å². The molecule has 100 valence electrons. The standard InChI is InChI=1S/C10H19O6P/c1-5-8-10(4,9(11)12)16-17(13,14-6-2)15-7-3/h5,8H,6-7H2,1-4H3,(H,11,12). The molecule has 0 heterocycles. The van der Waals surface area contributed by atoms with Crippen LogP contribution in [-0.4, -0.2) is 29.9 Å². The molecule has 0 radical (unpaired) electrons. The predicted molar refractivity (Wildman–Crippen MR) is 62.8 cm³/mol. The summed E-state index contributed by atoms with van der Waals surface area (Å²) in [6.45, 7) is 6.34. The summed E-state index contributed by atoms with van der Waals surface area (Å²) in [5, 5.41) is 9.05. The van der Waals surface area contributed by atoms with E-state index in [0.29, 0.717) is 0 Å². The second kappa shape index (κ2) is 6.91. The second-order valence-electron chi connectivity index (χ2n) is 3.29. The Bertz CT molecular complexity index is 317. The number of phosphoric ester groups is 1. The summed E-state index contributed by atoms with van der Waals surface area (Å²) in [6, 6.07) is 0. The third-order valence-electron chi connectivity index (χ3n) is 1.79. The third-order valence-corrected chi connectivity index (χ3v) is 3.54. The summed E-state index contributed by atoms with van der Waals surface area (Å²) in [5.74, 6) is -1.27. The van der Waals surface area contributed by atoms with Gasteiger partial charge in [0.05, 0.1) is 13.2 Å². The molecule has 0 aromatic heterocycles. The average molecular weight is 266 g/mol. The SMILES string of the molecule is CC=CC(C)(OP(=O)(OCC)OCC)C(=O)O. The lowest BCUT2D eigenvalue weighted by atomic mass is 10.1. The number of carboxylic acid groups (broad SMARTS) is 1. The van der Waals surface area contributed by atoms with Gasteiger partial charge in [0, 0.05) is 0 Å². The van der Waals surface area contributed by atoms with E-state index >= 15 is 0 Å². The number of hydrogen-bond acceptors (Lipinski definition) is 5. The lowest BCUT2D eigenvalue weighted by molar-refractivity contribution is -0.151. The molecule has 0 aromatic rings. The normalized spacial score (nSPS) is 16.0. The number of rotatable bonds is 8. The number of aliphatic carboxylic acids is 1. The Morgan fingerprint density at radius 1 is 1.35 bits per heavy atom. The molecule has 1 atom stereocenters. The van der Waals surface area contributed by atoms with E-state index in [0.717, 1.165) is 0 Å². The van der Waals surface area contributed by atoms with Gasteiger partial charge < -0.3 is 5.11 Å². The van der Waals surface area contributed by atoms with Crippen LogP contribution in [0, 0.1) is 0 Å². The maximum Gasteiger partial charge on any atom is 0.476 e. The van der Waals surface area contributed by atoms with E-state index in [4.69, 9.17) is 18.7 Å². The summed E-state index contributed by atoms with van der Waals surface area (Å²) in [7, 11) is -3.86. The van der Waals surface area contributed by atoms with E-state index in [2.05, 4.69) is 0 Å². The first-order valence-electron chi connectivity index (χ1n) is 5.30. The molecular weight excluding hydrogens is 247 g/mol. The van der Waals surface area contributed by atoms with Crippen LogP contribution in [0.1, 0.15) is 27.7 Å². The minimum Gasteiger partial charge on any atom is -0.479 e. The maximum absolute atomic E-state index is 12.0. The van der Waals surface area contributed by atoms with Crippen molar-refractivity contribution in [1.82, 2.24) is 0 Å². The van der Waals surface area contributed by atoms with Crippen LogP contribution in [-0.2, 0) is 22.9 Å². The highest BCUT2D eigenvalue weighted by Crippen LogP contribution is 2.52. The number of allylic oxidation sites excluding steroid dienone is 1. The van der Waals surface area contributed by atoms with Crippen LogP contribution in [0.3, 0.4) is 0 Å². The molecule has 0 fully saturated rings. The average Bonchev–Trinajstić information content (AvgIpc) is 2.17. The zero-order valence-corrected chi connectivity index (χ0v) is 11.4. The van der Waals surface area contributed by atoms with E-state index in [9.17, 15) is 9.36 Å². The monoisotopic (exact) mass is 266 g/mol. The van der Waals surface area contributed by atoms with Crippen molar-refractivity contribution in [2.75, 3.05) is 13.2 Å². The van der Waals surface area contributed by atoms with Crippen LogP contribution in [0.2, 0.25) is 0 Å². The summed E-state index contributed by atoms with van der Waals surface area (Å²) in [4.78, 5) is 11.1. The van der Waals surface area contributed by atoms with Gasteiger partial charge in [-0.3, -0.25) is 13.6 Å². The number of carboxylic acids is 1. The minimum atomic E-state index is -3.86. The van der Waals surface area contributed by atoms with E-state index < -0.39 is 19.4 Å². The number of hydrogen-bond donors (Lipinski definition) is 1. The molecule has 1 N–H and O–H groups in total. The highest BCUT2D eigenvalue weighted by atomic mass is 31.2. The Morgan fingerprint density at radius 3 is 2.12 bits per heavy atom. The van der Waals surface area contributed by atoms with Crippen molar-refractivity contribution in [3.8, 4) is 0 Å². The molecule has 0 aliphatic rings. The van der Waals surface area contributed by atoms with Crippen molar-refractivity contribution < 1.29 is 28.0 Å². The molecular formula is C10H19O6P. The Balaban J connectivity index is 5.06. The molecule has 0 spiro atoms. The van der Waals surface area contributed by atoms with Crippen LogP contribution < -0.4 is 0 Å².